The molecule has 0 bridgehead atoms. The van der Waals surface area contributed by atoms with Crippen LogP contribution in [0.1, 0.15) is 12.8 Å². The molecule has 2 N–H and O–H groups in total. The minimum Gasteiger partial charge on any atom is -0.378 e. The molecule has 0 atom stereocenters. The van der Waals surface area contributed by atoms with E-state index in [0.717, 1.165) is 39.0 Å². The molecule has 3 rings (SSSR count). The van der Waals surface area contributed by atoms with Crippen LogP contribution in [-0.2, 0) is 4.74 Å². The van der Waals surface area contributed by atoms with E-state index in [9.17, 15) is 4.79 Å². The number of likely N-dealkylation sites (tertiary alicyclic amines) is 1. The predicted octanol–water partition coefficient (Wildman–Crippen LogP) is 0.590. The Hall–Kier alpha value is -1.45. The number of morpholine rings is 1. The fourth-order valence-electron chi connectivity index (χ4n) is 2.63. The number of ether oxygens (including phenoxy) is 1. The number of urea groups is 1. The molecule has 2 aliphatic heterocycles. The first-order chi connectivity index (χ1) is 10.7. The van der Waals surface area contributed by atoms with Gasteiger partial charge in [-0.2, -0.15) is 9.36 Å². The summed E-state index contributed by atoms with van der Waals surface area (Å²) in [6.45, 7) is 5.00. The van der Waals surface area contributed by atoms with Crippen molar-refractivity contribution in [2.24, 2.45) is 0 Å². The van der Waals surface area contributed by atoms with Gasteiger partial charge in [0, 0.05) is 30.7 Å². The van der Waals surface area contributed by atoms with Crippen molar-refractivity contribution in [3.63, 3.8) is 0 Å². The van der Waals surface area contributed by atoms with E-state index in [2.05, 4.69) is 36.8 Å². The van der Waals surface area contributed by atoms with Crippen LogP contribution >= 0.6 is 11.5 Å². The summed E-state index contributed by atoms with van der Waals surface area (Å²) >= 11 is 1.21. The maximum absolute atomic E-state index is 12.0. The fourth-order valence-corrected chi connectivity index (χ4v) is 3.22. The van der Waals surface area contributed by atoms with E-state index in [-0.39, 0.29) is 12.1 Å². The van der Waals surface area contributed by atoms with Crippen LogP contribution in [0.2, 0.25) is 0 Å². The lowest BCUT2D eigenvalue weighted by atomic mass is 10.1. The Morgan fingerprint density at radius 3 is 2.73 bits per heavy atom. The van der Waals surface area contributed by atoms with Crippen molar-refractivity contribution >= 4 is 28.6 Å². The fraction of sp³-hybridized carbons (Fsp3) is 0.769. The van der Waals surface area contributed by atoms with E-state index in [1.54, 1.807) is 0 Å². The van der Waals surface area contributed by atoms with Crippen molar-refractivity contribution in [1.29, 1.82) is 0 Å². The van der Waals surface area contributed by atoms with Crippen LogP contribution in [0.5, 0.6) is 0 Å². The first-order valence-corrected chi connectivity index (χ1v) is 8.40. The molecule has 2 saturated heterocycles. The quantitative estimate of drug-likeness (QED) is 0.846. The molecule has 0 aromatic carbocycles. The first kappa shape index (κ1) is 15.4. The highest BCUT2D eigenvalue weighted by Gasteiger charge is 2.20. The monoisotopic (exact) mass is 326 g/mol. The maximum atomic E-state index is 12.0. The van der Waals surface area contributed by atoms with Gasteiger partial charge < -0.3 is 19.9 Å². The summed E-state index contributed by atoms with van der Waals surface area (Å²) in [7, 11) is 2.10. The summed E-state index contributed by atoms with van der Waals surface area (Å²) in [6.07, 6.45) is 1.97. The van der Waals surface area contributed by atoms with Gasteiger partial charge in [0.15, 0.2) is 0 Å². The van der Waals surface area contributed by atoms with Crippen molar-refractivity contribution in [3.05, 3.63) is 0 Å². The van der Waals surface area contributed by atoms with Gasteiger partial charge >= 0.3 is 6.03 Å². The smallest absolute Gasteiger partial charge is 0.321 e. The number of hydrogen-bond donors (Lipinski definition) is 2. The van der Waals surface area contributed by atoms with Gasteiger partial charge in [0.2, 0.25) is 11.1 Å². The van der Waals surface area contributed by atoms with Crippen LogP contribution in [0.3, 0.4) is 0 Å². The first-order valence-electron chi connectivity index (χ1n) is 7.63. The van der Waals surface area contributed by atoms with Crippen molar-refractivity contribution in [3.8, 4) is 0 Å². The van der Waals surface area contributed by atoms with Crippen LogP contribution in [0.25, 0.3) is 0 Å². The van der Waals surface area contributed by atoms with E-state index in [1.807, 2.05) is 0 Å². The summed E-state index contributed by atoms with van der Waals surface area (Å²) in [5, 5.41) is 6.32. The molecule has 2 fully saturated rings. The van der Waals surface area contributed by atoms with Gasteiger partial charge in [0.05, 0.1) is 13.2 Å². The molecule has 2 amide bonds. The number of carbonyl (C=O) groups is 1. The highest BCUT2D eigenvalue weighted by molar-refractivity contribution is 7.10. The Morgan fingerprint density at radius 2 is 2.00 bits per heavy atom. The molecule has 9 heteroatoms. The second-order valence-electron chi connectivity index (χ2n) is 5.67. The number of aromatic nitrogens is 2. The molecule has 0 aliphatic carbocycles. The molecule has 8 nitrogen and oxygen atoms in total. The molecular weight excluding hydrogens is 304 g/mol. The second kappa shape index (κ2) is 7.21. The Kier molecular flexibility index (Phi) is 5.06. The third-order valence-electron chi connectivity index (χ3n) is 3.98. The Morgan fingerprint density at radius 1 is 1.27 bits per heavy atom. The van der Waals surface area contributed by atoms with Crippen molar-refractivity contribution < 1.29 is 9.53 Å². The molecule has 0 radical (unpaired) electrons. The summed E-state index contributed by atoms with van der Waals surface area (Å²) in [6, 6.07) is 0.0436. The zero-order chi connectivity index (χ0) is 15.4. The van der Waals surface area contributed by atoms with E-state index in [1.165, 1.54) is 11.5 Å². The molecule has 1 aromatic rings. The molecule has 0 unspecified atom stereocenters. The number of amides is 2. The number of rotatable bonds is 3. The summed E-state index contributed by atoms with van der Waals surface area (Å²) in [5.74, 6) is 0.669. The highest BCUT2D eigenvalue weighted by Crippen LogP contribution is 2.19. The largest absolute Gasteiger partial charge is 0.378 e. The molecule has 3 heterocycles. The van der Waals surface area contributed by atoms with Crippen molar-refractivity contribution in [2.75, 3.05) is 56.7 Å². The Labute approximate surface area is 134 Å². The number of anilines is 2. The summed E-state index contributed by atoms with van der Waals surface area (Å²) < 4.78 is 9.61. The number of nitrogens with zero attached hydrogens (tertiary/aromatic N) is 4. The number of nitrogens with one attached hydrogen (secondary N) is 2. The Bertz CT molecular complexity index is 496. The molecule has 22 heavy (non-hydrogen) atoms. The van der Waals surface area contributed by atoms with Crippen LogP contribution in [0.4, 0.5) is 15.9 Å². The normalized spacial score (nSPS) is 20.9. The number of hydrogen-bond acceptors (Lipinski definition) is 7. The van der Waals surface area contributed by atoms with Gasteiger partial charge in [-0.3, -0.25) is 5.32 Å². The highest BCUT2D eigenvalue weighted by atomic mass is 32.1. The molecule has 0 spiro atoms. The van der Waals surface area contributed by atoms with Gasteiger partial charge in [-0.15, -0.1) is 0 Å². The summed E-state index contributed by atoms with van der Waals surface area (Å²) in [5.41, 5.74) is 0. The zero-order valence-corrected chi connectivity index (χ0v) is 13.6. The third kappa shape index (κ3) is 4.05. The van der Waals surface area contributed by atoms with Crippen LogP contribution in [0, 0.1) is 0 Å². The van der Waals surface area contributed by atoms with E-state index >= 15 is 0 Å². The van der Waals surface area contributed by atoms with E-state index < -0.39 is 0 Å². The van der Waals surface area contributed by atoms with Crippen LogP contribution < -0.4 is 15.5 Å². The van der Waals surface area contributed by atoms with Gasteiger partial charge in [-0.05, 0) is 33.0 Å². The SMILES string of the molecule is CN1CCC(NC(=O)Nc2nc(N3CCOCC3)ns2)CC1. The van der Waals surface area contributed by atoms with Crippen molar-refractivity contribution in [1.82, 2.24) is 19.6 Å². The van der Waals surface area contributed by atoms with Gasteiger partial charge in [-0.1, -0.05) is 0 Å². The standard InChI is InChI=1S/C13H22N6O2S/c1-18-4-2-10(3-5-18)14-12(20)16-13-15-11(17-22-13)19-6-8-21-9-7-19/h10H,2-9H2,1H3,(H2,14,15,16,17,20). The minimum absolute atomic E-state index is 0.195. The van der Waals surface area contributed by atoms with Gasteiger partial charge in [0.1, 0.15) is 0 Å². The Balaban J connectivity index is 1.48. The second-order valence-corrected chi connectivity index (χ2v) is 6.43. The van der Waals surface area contributed by atoms with Crippen LogP contribution in [0.15, 0.2) is 0 Å². The average molecular weight is 326 g/mol. The molecule has 122 valence electrons. The van der Waals surface area contributed by atoms with Crippen molar-refractivity contribution in [2.45, 2.75) is 18.9 Å². The molecule has 0 saturated carbocycles. The van der Waals surface area contributed by atoms with E-state index in [4.69, 9.17) is 4.74 Å². The zero-order valence-electron chi connectivity index (χ0n) is 12.7. The topological polar surface area (TPSA) is 82.6 Å². The lowest BCUT2D eigenvalue weighted by Crippen LogP contribution is -2.44. The minimum atomic E-state index is -0.195. The lowest BCUT2D eigenvalue weighted by Gasteiger charge is -2.29. The predicted molar refractivity (Wildman–Crippen MR) is 85.6 cm³/mol. The number of carbonyl (C=O) groups excluding carboxylic acids is 1. The lowest BCUT2D eigenvalue weighted by molar-refractivity contribution is 0.122. The molecular formula is C13H22N6O2S. The number of piperidine rings is 1. The molecule has 2 aliphatic rings. The van der Waals surface area contributed by atoms with Gasteiger partial charge in [0.25, 0.3) is 0 Å². The molecule has 1 aromatic heterocycles. The third-order valence-corrected chi connectivity index (χ3v) is 4.60. The van der Waals surface area contributed by atoms with Crippen LogP contribution in [-0.4, -0.2) is 72.8 Å². The maximum Gasteiger partial charge on any atom is 0.321 e. The van der Waals surface area contributed by atoms with Gasteiger partial charge in [-0.25, -0.2) is 4.79 Å². The average Bonchev–Trinajstić information content (AvgIpc) is 2.99. The van der Waals surface area contributed by atoms with E-state index in [0.29, 0.717) is 24.3 Å². The summed E-state index contributed by atoms with van der Waals surface area (Å²) in [4.78, 5) is 20.7.